The Labute approximate surface area is 203 Å². The molecule has 0 atom stereocenters. The number of rotatable bonds is 9. The average molecular weight is 471 g/mol. The molecular formula is C28H26N2O5. The molecule has 35 heavy (non-hydrogen) atoms. The number of ether oxygens (including phenoxy) is 2. The van der Waals surface area contributed by atoms with Crippen LogP contribution in [0.5, 0.6) is 5.75 Å². The summed E-state index contributed by atoms with van der Waals surface area (Å²) < 4.78 is 16.1. The van der Waals surface area contributed by atoms with Crippen LogP contribution in [0.15, 0.2) is 83.3 Å². The highest BCUT2D eigenvalue weighted by Crippen LogP contribution is 2.32. The van der Waals surface area contributed by atoms with Crippen LogP contribution in [0.1, 0.15) is 28.2 Å². The lowest BCUT2D eigenvalue weighted by molar-refractivity contribution is -0.121. The standard InChI is InChI=1S/C28H26N2O5/c1-33-23-14-13-19(17-22(23)28(32)34-2)18-29-24(31)15-16-25-30-26(20-9-5-3-6-10-20)27(35-25)21-11-7-4-8-12-21/h3-14,17H,15-16,18H2,1-2H3,(H,29,31). The molecule has 0 fully saturated rings. The van der Waals surface area contributed by atoms with Crippen LogP contribution in [-0.2, 0) is 22.5 Å². The zero-order chi connectivity index (χ0) is 24.6. The van der Waals surface area contributed by atoms with E-state index < -0.39 is 5.97 Å². The molecule has 178 valence electrons. The van der Waals surface area contributed by atoms with Gasteiger partial charge in [0.1, 0.15) is 17.0 Å². The Hall–Kier alpha value is -4.39. The van der Waals surface area contributed by atoms with E-state index in [1.807, 2.05) is 60.7 Å². The summed E-state index contributed by atoms with van der Waals surface area (Å²) in [5.74, 6) is 0.943. The van der Waals surface area contributed by atoms with Gasteiger partial charge in [-0.15, -0.1) is 0 Å². The first kappa shape index (κ1) is 23.8. The fourth-order valence-corrected chi connectivity index (χ4v) is 3.69. The van der Waals surface area contributed by atoms with Crippen LogP contribution in [-0.4, -0.2) is 31.1 Å². The number of carbonyl (C=O) groups is 2. The average Bonchev–Trinajstić information content (AvgIpc) is 3.35. The SMILES string of the molecule is COC(=O)c1cc(CNC(=O)CCc2nc(-c3ccccc3)c(-c3ccccc3)o2)ccc1OC. The van der Waals surface area contributed by atoms with Crippen LogP contribution in [0.4, 0.5) is 0 Å². The minimum atomic E-state index is -0.498. The molecule has 4 aromatic rings. The third-order valence-electron chi connectivity index (χ3n) is 5.48. The first-order valence-corrected chi connectivity index (χ1v) is 11.2. The van der Waals surface area contributed by atoms with Crippen LogP contribution in [0.3, 0.4) is 0 Å². The molecule has 1 heterocycles. The largest absolute Gasteiger partial charge is 0.496 e. The molecule has 0 saturated heterocycles. The van der Waals surface area contributed by atoms with Crippen LogP contribution in [0.2, 0.25) is 0 Å². The summed E-state index contributed by atoms with van der Waals surface area (Å²) >= 11 is 0. The lowest BCUT2D eigenvalue weighted by atomic mass is 10.1. The molecule has 1 N–H and O–H groups in total. The van der Waals surface area contributed by atoms with Gasteiger partial charge in [-0.1, -0.05) is 66.7 Å². The minimum Gasteiger partial charge on any atom is -0.496 e. The first-order valence-electron chi connectivity index (χ1n) is 11.2. The topological polar surface area (TPSA) is 90.7 Å². The number of methoxy groups -OCH3 is 2. The van der Waals surface area contributed by atoms with E-state index in [1.165, 1.54) is 14.2 Å². The van der Waals surface area contributed by atoms with Gasteiger partial charge in [0.05, 0.1) is 14.2 Å². The number of oxazole rings is 1. The van der Waals surface area contributed by atoms with E-state index >= 15 is 0 Å². The van der Waals surface area contributed by atoms with E-state index in [9.17, 15) is 9.59 Å². The number of hydrogen-bond donors (Lipinski definition) is 1. The van der Waals surface area contributed by atoms with Crippen molar-refractivity contribution in [3.8, 4) is 28.3 Å². The summed E-state index contributed by atoms with van der Waals surface area (Å²) in [5.41, 5.74) is 3.69. The number of esters is 1. The van der Waals surface area contributed by atoms with Crippen LogP contribution >= 0.6 is 0 Å². The van der Waals surface area contributed by atoms with Crippen molar-refractivity contribution in [3.05, 3.63) is 95.9 Å². The molecule has 3 aromatic carbocycles. The maximum absolute atomic E-state index is 12.5. The van der Waals surface area contributed by atoms with E-state index in [4.69, 9.17) is 18.9 Å². The molecule has 0 saturated carbocycles. The summed E-state index contributed by atoms with van der Waals surface area (Å²) in [4.78, 5) is 29.2. The van der Waals surface area contributed by atoms with Gasteiger partial charge in [-0.2, -0.15) is 0 Å². The molecule has 7 heteroatoms. The van der Waals surface area contributed by atoms with E-state index in [1.54, 1.807) is 18.2 Å². The molecule has 7 nitrogen and oxygen atoms in total. The van der Waals surface area contributed by atoms with Crippen molar-refractivity contribution >= 4 is 11.9 Å². The van der Waals surface area contributed by atoms with Crippen LogP contribution in [0.25, 0.3) is 22.6 Å². The fourth-order valence-electron chi connectivity index (χ4n) is 3.69. The summed E-state index contributed by atoms with van der Waals surface area (Å²) in [6.45, 7) is 0.267. The third-order valence-corrected chi connectivity index (χ3v) is 5.48. The van der Waals surface area contributed by atoms with Gasteiger partial charge in [0.15, 0.2) is 11.7 Å². The second-order valence-electron chi connectivity index (χ2n) is 7.82. The monoisotopic (exact) mass is 470 g/mol. The van der Waals surface area contributed by atoms with Crippen molar-refractivity contribution in [2.45, 2.75) is 19.4 Å². The predicted molar refractivity (Wildman–Crippen MR) is 132 cm³/mol. The first-order chi connectivity index (χ1) is 17.1. The Morgan fingerprint density at radius 1 is 0.914 bits per heavy atom. The van der Waals surface area contributed by atoms with Gasteiger partial charge in [-0.3, -0.25) is 4.79 Å². The predicted octanol–water partition coefficient (Wildman–Crippen LogP) is 5.05. The van der Waals surface area contributed by atoms with E-state index in [0.717, 1.165) is 22.4 Å². The minimum absolute atomic E-state index is 0.152. The zero-order valence-electron chi connectivity index (χ0n) is 19.6. The molecule has 1 amide bonds. The van der Waals surface area contributed by atoms with Crippen molar-refractivity contribution in [1.29, 1.82) is 0 Å². The second-order valence-corrected chi connectivity index (χ2v) is 7.82. The van der Waals surface area contributed by atoms with Crippen LogP contribution in [0, 0.1) is 0 Å². The van der Waals surface area contributed by atoms with Crippen molar-refractivity contribution in [2.24, 2.45) is 0 Å². The number of nitrogens with one attached hydrogen (secondary N) is 1. The highest BCUT2D eigenvalue weighted by Gasteiger charge is 2.18. The molecule has 0 bridgehead atoms. The highest BCUT2D eigenvalue weighted by molar-refractivity contribution is 5.92. The van der Waals surface area contributed by atoms with Gasteiger partial charge < -0.3 is 19.2 Å². The number of carbonyl (C=O) groups excluding carboxylic acids is 2. The Morgan fingerprint density at radius 2 is 1.60 bits per heavy atom. The van der Waals surface area contributed by atoms with Gasteiger partial charge in [0.2, 0.25) is 5.91 Å². The summed E-state index contributed by atoms with van der Waals surface area (Å²) in [6, 6.07) is 24.7. The number of nitrogens with zero attached hydrogens (tertiary/aromatic N) is 1. The lowest BCUT2D eigenvalue weighted by Crippen LogP contribution is -2.23. The highest BCUT2D eigenvalue weighted by atomic mass is 16.5. The molecule has 1 aromatic heterocycles. The smallest absolute Gasteiger partial charge is 0.341 e. The molecule has 0 aliphatic heterocycles. The van der Waals surface area contributed by atoms with Gasteiger partial charge in [-0.25, -0.2) is 9.78 Å². The van der Waals surface area contributed by atoms with Crippen molar-refractivity contribution in [2.75, 3.05) is 14.2 Å². The van der Waals surface area contributed by atoms with Gasteiger partial charge >= 0.3 is 5.97 Å². The molecular weight excluding hydrogens is 444 g/mol. The molecule has 0 aliphatic rings. The van der Waals surface area contributed by atoms with Crippen molar-refractivity contribution < 1.29 is 23.5 Å². The number of aromatic nitrogens is 1. The summed E-state index contributed by atoms with van der Waals surface area (Å²) in [6.07, 6.45) is 0.567. The molecule has 4 rings (SSSR count). The van der Waals surface area contributed by atoms with Crippen LogP contribution < -0.4 is 10.1 Å². The number of amides is 1. The summed E-state index contributed by atoms with van der Waals surface area (Å²) in [5, 5.41) is 2.87. The fraction of sp³-hybridized carbons (Fsp3) is 0.179. The maximum Gasteiger partial charge on any atom is 0.341 e. The van der Waals surface area contributed by atoms with E-state index in [2.05, 4.69) is 5.32 Å². The Kier molecular flexibility index (Phi) is 7.57. The van der Waals surface area contributed by atoms with Gasteiger partial charge in [0.25, 0.3) is 0 Å². The quantitative estimate of drug-likeness (QED) is 0.344. The summed E-state index contributed by atoms with van der Waals surface area (Å²) in [7, 11) is 2.80. The zero-order valence-corrected chi connectivity index (χ0v) is 19.6. The van der Waals surface area contributed by atoms with E-state index in [-0.39, 0.29) is 18.9 Å². The Bertz CT molecular complexity index is 1240. The molecule has 0 aliphatic carbocycles. The normalized spacial score (nSPS) is 10.6. The maximum atomic E-state index is 12.5. The Balaban J connectivity index is 1.43. The Morgan fingerprint density at radius 3 is 2.26 bits per heavy atom. The van der Waals surface area contributed by atoms with Gasteiger partial charge in [0, 0.05) is 30.5 Å². The molecule has 0 unspecified atom stereocenters. The van der Waals surface area contributed by atoms with Crippen molar-refractivity contribution in [1.82, 2.24) is 10.3 Å². The third kappa shape index (κ3) is 5.76. The molecule has 0 spiro atoms. The van der Waals surface area contributed by atoms with Gasteiger partial charge in [-0.05, 0) is 17.7 Å². The number of aryl methyl sites for hydroxylation is 1. The van der Waals surface area contributed by atoms with E-state index in [0.29, 0.717) is 29.4 Å². The van der Waals surface area contributed by atoms with Crippen molar-refractivity contribution in [3.63, 3.8) is 0 Å². The second kappa shape index (κ2) is 11.2. The molecule has 0 radical (unpaired) electrons. The number of hydrogen-bond acceptors (Lipinski definition) is 6. The lowest BCUT2D eigenvalue weighted by Gasteiger charge is -2.10. The number of benzene rings is 3.